The lowest BCUT2D eigenvalue weighted by atomic mass is 10.3. The van der Waals surface area contributed by atoms with E-state index in [2.05, 4.69) is 10.6 Å². The minimum Gasteiger partial charge on any atom is -0.358 e. The molecule has 0 radical (unpaired) electrons. The van der Waals surface area contributed by atoms with Crippen LogP contribution in [0, 0.1) is 0 Å². The number of aromatic nitrogens is 2. The Morgan fingerprint density at radius 1 is 1.35 bits per heavy atom. The lowest BCUT2D eigenvalue weighted by Crippen LogP contribution is -2.40. The van der Waals surface area contributed by atoms with Gasteiger partial charge in [-0.15, -0.1) is 0 Å². The summed E-state index contributed by atoms with van der Waals surface area (Å²) in [6, 6.07) is 0. The van der Waals surface area contributed by atoms with Crippen molar-refractivity contribution in [3.8, 4) is 0 Å². The Morgan fingerprint density at radius 3 is 2.59 bits per heavy atom. The van der Waals surface area contributed by atoms with E-state index >= 15 is 0 Å². The molecule has 7 heteroatoms. The maximum absolute atomic E-state index is 11.7. The Kier molecular flexibility index (Phi) is 4.22. The van der Waals surface area contributed by atoms with Crippen molar-refractivity contribution < 1.29 is 4.79 Å². The standard InChI is InChI=1S/C10H16N4O3/c1-11-8(15)5-12-4-7-6-13(2)10(17)14(3)9(7)16/h6,12H,4-5H2,1-3H3,(H,11,15). The van der Waals surface area contributed by atoms with Crippen LogP contribution in [0.4, 0.5) is 0 Å². The van der Waals surface area contributed by atoms with Crippen LogP contribution < -0.4 is 21.9 Å². The van der Waals surface area contributed by atoms with E-state index in [4.69, 9.17) is 0 Å². The van der Waals surface area contributed by atoms with E-state index < -0.39 is 0 Å². The van der Waals surface area contributed by atoms with Gasteiger partial charge in [0.2, 0.25) is 5.91 Å². The third-order valence-corrected chi connectivity index (χ3v) is 2.40. The van der Waals surface area contributed by atoms with Crippen LogP contribution in [0.25, 0.3) is 0 Å². The van der Waals surface area contributed by atoms with Crippen molar-refractivity contribution in [2.75, 3.05) is 13.6 Å². The Hall–Kier alpha value is -1.89. The summed E-state index contributed by atoms with van der Waals surface area (Å²) in [5.41, 5.74) is -0.277. The molecule has 1 aromatic heterocycles. The van der Waals surface area contributed by atoms with Crippen LogP contribution in [0.5, 0.6) is 0 Å². The number of carbonyl (C=O) groups excluding carboxylic acids is 1. The molecule has 0 aromatic carbocycles. The van der Waals surface area contributed by atoms with E-state index in [0.29, 0.717) is 5.56 Å². The van der Waals surface area contributed by atoms with Gasteiger partial charge in [-0.1, -0.05) is 0 Å². The van der Waals surface area contributed by atoms with Crippen molar-refractivity contribution in [3.05, 3.63) is 32.6 Å². The second-order valence-corrected chi connectivity index (χ2v) is 3.69. The molecule has 0 saturated heterocycles. The topological polar surface area (TPSA) is 85.1 Å². The maximum atomic E-state index is 11.7. The smallest absolute Gasteiger partial charge is 0.330 e. The van der Waals surface area contributed by atoms with E-state index in [1.54, 1.807) is 7.05 Å². The number of likely N-dealkylation sites (N-methyl/N-ethyl adjacent to an activating group) is 1. The van der Waals surface area contributed by atoms with Crippen LogP contribution >= 0.6 is 0 Å². The molecule has 0 aliphatic rings. The minimum atomic E-state index is -0.370. The minimum absolute atomic E-state index is 0.127. The van der Waals surface area contributed by atoms with Gasteiger partial charge in [0.1, 0.15) is 0 Å². The van der Waals surface area contributed by atoms with Crippen molar-refractivity contribution >= 4 is 5.91 Å². The third kappa shape index (κ3) is 3.04. The molecule has 7 nitrogen and oxygen atoms in total. The SMILES string of the molecule is CNC(=O)CNCc1cn(C)c(=O)n(C)c1=O. The van der Waals surface area contributed by atoms with Crippen LogP contribution in [-0.2, 0) is 25.4 Å². The normalized spacial score (nSPS) is 10.3. The van der Waals surface area contributed by atoms with Gasteiger partial charge in [0.15, 0.2) is 0 Å². The number of nitrogens with one attached hydrogen (secondary N) is 2. The number of hydrogen-bond donors (Lipinski definition) is 2. The van der Waals surface area contributed by atoms with Crippen molar-refractivity contribution in [2.45, 2.75) is 6.54 Å². The van der Waals surface area contributed by atoms with Crippen LogP contribution in [0.15, 0.2) is 15.8 Å². The van der Waals surface area contributed by atoms with Crippen LogP contribution in [0.3, 0.4) is 0 Å². The number of hydrogen-bond acceptors (Lipinski definition) is 4. The average molecular weight is 240 g/mol. The highest BCUT2D eigenvalue weighted by Crippen LogP contribution is 1.86. The third-order valence-electron chi connectivity index (χ3n) is 2.40. The monoisotopic (exact) mass is 240 g/mol. The largest absolute Gasteiger partial charge is 0.358 e. The second-order valence-electron chi connectivity index (χ2n) is 3.69. The Balaban J connectivity index is 2.83. The van der Waals surface area contributed by atoms with Gasteiger partial charge >= 0.3 is 5.69 Å². The maximum Gasteiger partial charge on any atom is 0.330 e. The average Bonchev–Trinajstić information content (AvgIpc) is 2.32. The molecule has 1 aromatic rings. The second kappa shape index (κ2) is 5.44. The van der Waals surface area contributed by atoms with Crippen molar-refractivity contribution in [3.63, 3.8) is 0 Å². The van der Waals surface area contributed by atoms with Gasteiger partial charge in [-0.25, -0.2) is 4.79 Å². The predicted molar refractivity (Wildman–Crippen MR) is 62.7 cm³/mol. The number of aryl methyl sites for hydroxylation is 1. The first kappa shape index (κ1) is 13.2. The Labute approximate surface area is 98.1 Å². The molecule has 0 aliphatic heterocycles. The fourth-order valence-electron chi connectivity index (χ4n) is 1.40. The van der Waals surface area contributed by atoms with Crippen molar-refractivity contribution in [2.24, 2.45) is 14.1 Å². The van der Waals surface area contributed by atoms with Gasteiger partial charge in [-0.3, -0.25) is 14.2 Å². The summed E-state index contributed by atoms with van der Waals surface area (Å²) in [5.74, 6) is -0.161. The number of amides is 1. The molecule has 2 N–H and O–H groups in total. The van der Waals surface area contributed by atoms with Gasteiger partial charge in [0, 0.05) is 39.4 Å². The Morgan fingerprint density at radius 2 is 2.00 bits per heavy atom. The number of rotatable bonds is 4. The lowest BCUT2D eigenvalue weighted by molar-refractivity contribution is -0.119. The molecular formula is C10H16N4O3. The summed E-state index contributed by atoms with van der Waals surface area (Å²) in [6.45, 7) is 0.372. The zero-order valence-electron chi connectivity index (χ0n) is 10.1. The predicted octanol–water partition coefficient (Wildman–Crippen LogP) is -2.08. The summed E-state index contributed by atoms with van der Waals surface area (Å²) in [7, 11) is 4.53. The first-order valence-corrected chi connectivity index (χ1v) is 5.14. The van der Waals surface area contributed by atoms with E-state index in [9.17, 15) is 14.4 Å². The summed E-state index contributed by atoms with van der Waals surface area (Å²) in [4.78, 5) is 34.1. The van der Waals surface area contributed by atoms with Crippen molar-refractivity contribution in [1.29, 1.82) is 0 Å². The summed E-state index contributed by atoms with van der Waals surface area (Å²) in [5, 5.41) is 5.28. The fraction of sp³-hybridized carbons (Fsp3) is 0.500. The first-order chi connectivity index (χ1) is 7.97. The molecule has 0 atom stereocenters. The lowest BCUT2D eigenvalue weighted by Gasteiger charge is -2.07. The first-order valence-electron chi connectivity index (χ1n) is 5.14. The van der Waals surface area contributed by atoms with Gasteiger partial charge < -0.3 is 15.2 Å². The molecule has 1 rings (SSSR count). The number of nitrogens with zero attached hydrogens (tertiary/aromatic N) is 2. The van der Waals surface area contributed by atoms with Gasteiger partial charge in [0.25, 0.3) is 5.56 Å². The van der Waals surface area contributed by atoms with Crippen LogP contribution in [0.1, 0.15) is 5.56 Å². The zero-order valence-corrected chi connectivity index (χ0v) is 10.1. The summed E-state index contributed by atoms with van der Waals surface area (Å²) in [6.07, 6.45) is 1.47. The van der Waals surface area contributed by atoms with Gasteiger partial charge in [-0.2, -0.15) is 0 Å². The van der Waals surface area contributed by atoms with E-state index in [0.717, 1.165) is 4.57 Å². The summed E-state index contributed by atoms with van der Waals surface area (Å²) >= 11 is 0. The summed E-state index contributed by atoms with van der Waals surface area (Å²) < 4.78 is 2.37. The number of carbonyl (C=O) groups is 1. The molecular weight excluding hydrogens is 224 g/mol. The van der Waals surface area contributed by atoms with Gasteiger partial charge in [0.05, 0.1) is 6.54 Å². The molecule has 0 fully saturated rings. The molecule has 0 saturated carbocycles. The molecule has 17 heavy (non-hydrogen) atoms. The van der Waals surface area contributed by atoms with E-state index in [-0.39, 0.29) is 30.2 Å². The molecule has 0 unspecified atom stereocenters. The zero-order chi connectivity index (χ0) is 13.0. The fourth-order valence-corrected chi connectivity index (χ4v) is 1.40. The van der Waals surface area contributed by atoms with Crippen molar-refractivity contribution in [1.82, 2.24) is 19.8 Å². The van der Waals surface area contributed by atoms with E-state index in [1.807, 2.05) is 0 Å². The molecule has 94 valence electrons. The highest BCUT2D eigenvalue weighted by molar-refractivity contribution is 5.77. The quantitative estimate of drug-likeness (QED) is 0.632. The van der Waals surface area contributed by atoms with Crippen LogP contribution in [0.2, 0.25) is 0 Å². The molecule has 0 bridgehead atoms. The molecule has 0 aliphatic carbocycles. The highest BCUT2D eigenvalue weighted by atomic mass is 16.2. The highest BCUT2D eigenvalue weighted by Gasteiger charge is 2.06. The van der Waals surface area contributed by atoms with Crippen LogP contribution in [-0.4, -0.2) is 28.6 Å². The molecule has 1 heterocycles. The van der Waals surface area contributed by atoms with E-state index in [1.165, 1.54) is 24.9 Å². The van der Waals surface area contributed by atoms with Gasteiger partial charge in [-0.05, 0) is 0 Å². The molecule has 0 spiro atoms. The molecule has 1 amide bonds. The Bertz CT molecular complexity index is 529.